The van der Waals surface area contributed by atoms with E-state index in [1.54, 1.807) is 36.1 Å². The van der Waals surface area contributed by atoms with Gasteiger partial charge in [-0.1, -0.05) is 30.3 Å². The number of carbonyl (C=O) groups excluding carboxylic acids is 1. The van der Waals surface area contributed by atoms with Crippen molar-refractivity contribution in [2.45, 2.75) is 44.4 Å². The Morgan fingerprint density at radius 2 is 1.82 bits per heavy atom. The first kappa shape index (κ1) is 19.9. The Kier molecular flexibility index (Phi) is 5.45. The van der Waals surface area contributed by atoms with Crippen molar-refractivity contribution in [2.75, 3.05) is 0 Å². The predicted molar refractivity (Wildman–Crippen MR) is 96.8 cm³/mol. The van der Waals surface area contributed by atoms with E-state index >= 15 is 0 Å². The summed E-state index contributed by atoms with van der Waals surface area (Å²) in [7, 11) is 0. The van der Waals surface area contributed by atoms with Crippen molar-refractivity contribution in [2.24, 2.45) is 0 Å². The predicted octanol–water partition coefficient (Wildman–Crippen LogP) is 4.70. The molecule has 1 amide bonds. The molecular weight excluding hydrogens is 371 g/mol. The maximum absolute atomic E-state index is 13.0. The van der Waals surface area contributed by atoms with Crippen LogP contribution >= 0.6 is 0 Å². The number of carbonyl (C=O) groups is 2. The number of aromatic carboxylic acids is 1. The Hall–Kier alpha value is -2.83. The van der Waals surface area contributed by atoms with Crippen LogP contribution in [0, 0.1) is 0 Å². The third-order valence-corrected chi connectivity index (χ3v) is 4.93. The van der Waals surface area contributed by atoms with E-state index < -0.39 is 23.8 Å². The van der Waals surface area contributed by atoms with E-state index in [-0.39, 0.29) is 23.9 Å². The summed E-state index contributed by atoms with van der Waals surface area (Å²) in [5.74, 6) is -1.41. The highest BCUT2D eigenvalue weighted by molar-refractivity contribution is 5.91. The van der Waals surface area contributed by atoms with Gasteiger partial charge in [-0.05, 0) is 49.1 Å². The Morgan fingerprint density at radius 3 is 2.43 bits per heavy atom. The quantitative estimate of drug-likeness (QED) is 0.777. The first-order valence-electron chi connectivity index (χ1n) is 8.98. The van der Waals surface area contributed by atoms with Crippen LogP contribution in [0.2, 0.25) is 0 Å². The average Bonchev–Trinajstić information content (AvgIpc) is 3.46. The van der Waals surface area contributed by atoms with Crippen LogP contribution in [0.3, 0.4) is 0 Å². The van der Waals surface area contributed by atoms with Crippen LogP contribution in [-0.4, -0.2) is 27.9 Å². The lowest BCUT2D eigenvalue weighted by Crippen LogP contribution is -2.37. The molecule has 2 aromatic carbocycles. The molecule has 1 aliphatic carbocycles. The Balaban J connectivity index is 1.86. The van der Waals surface area contributed by atoms with Crippen LogP contribution in [0.4, 0.5) is 13.2 Å². The van der Waals surface area contributed by atoms with Gasteiger partial charge in [-0.3, -0.25) is 4.79 Å². The summed E-state index contributed by atoms with van der Waals surface area (Å²) >= 11 is 0. The zero-order chi connectivity index (χ0) is 20.5. The van der Waals surface area contributed by atoms with Crippen LogP contribution < -0.4 is 0 Å². The van der Waals surface area contributed by atoms with E-state index in [4.69, 9.17) is 0 Å². The molecule has 0 bridgehead atoms. The van der Waals surface area contributed by atoms with Crippen molar-refractivity contribution in [3.63, 3.8) is 0 Å². The second-order valence-corrected chi connectivity index (χ2v) is 6.97. The lowest BCUT2D eigenvalue weighted by Gasteiger charge is -2.30. The van der Waals surface area contributed by atoms with Gasteiger partial charge in [-0.15, -0.1) is 0 Å². The molecule has 0 spiro atoms. The molecule has 1 atom stereocenters. The number of halogens is 3. The SMILES string of the molecule is CC(c1cccc(C(F)(F)F)c1)N(C(=O)Cc1ccccc1C(=O)O)C1CC1. The topological polar surface area (TPSA) is 57.6 Å². The van der Waals surface area contributed by atoms with Crippen LogP contribution in [0.25, 0.3) is 0 Å². The van der Waals surface area contributed by atoms with Gasteiger partial charge in [-0.2, -0.15) is 13.2 Å². The maximum atomic E-state index is 13.0. The molecule has 2 aromatic rings. The van der Waals surface area contributed by atoms with E-state index in [1.165, 1.54) is 12.1 Å². The number of benzene rings is 2. The van der Waals surface area contributed by atoms with Crippen LogP contribution in [0.15, 0.2) is 48.5 Å². The standard InChI is InChI=1S/C21H20F3NO3/c1-13(14-6-4-7-16(11-14)21(22,23)24)25(17-9-10-17)19(26)12-15-5-2-3-8-18(15)20(27)28/h2-8,11,13,17H,9-10,12H2,1H3,(H,27,28). The van der Waals surface area contributed by atoms with E-state index in [1.807, 2.05) is 0 Å². The second kappa shape index (κ2) is 7.66. The molecule has 3 rings (SSSR count). The summed E-state index contributed by atoms with van der Waals surface area (Å²) < 4.78 is 39.1. The second-order valence-electron chi connectivity index (χ2n) is 6.97. The Morgan fingerprint density at radius 1 is 1.14 bits per heavy atom. The number of hydrogen-bond donors (Lipinski definition) is 1. The van der Waals surface area contributed by atoms with Crippen molar-refractivity contribution in [1.82, 2.24) is 4.90 Å². The highest BCUT2D eigenvalue weighted by atomic mass is 19.4. The lowest BCUT2D eigenvalue weighted by atomic mass is 10.0. The van der Waals surface area contributed by atoms with Crippen molar-refractivity contribution in [3.8, 4) is 0 Å². The molecular formula is C21H20F3NO3. The van der Waals surface area contributed by atoms with E-state index in [2.05, 4.69) is 0 Å². The summed E-state index contributed by atoms with van der Waals surface area (Å²) in [4.78, 5) is 25.9. The molecule has 148 valence electrons. The monoisotopic (exact) mass is 391 g/mol. The fraction of sp³-hybridized carbons (Fsp3) is 0.333. The number of carboxylic acids is 1. The molecule has 0 aliphatic heterocycles. The molecule has 7 heteroatoms. The van der Waals surface area contributed by atoms with E-state index in [9.17, 15) is 27.9 Å². The van der Waals surface area contributed by atoms with Gasteiger partial charge in [0.2, 0.25) is 5.91 Å². The van der Waals surface area contributed by atoms with Gasteiger partial charge in [0.25, 0.3) is 0 Å². The minimum Gasteiger partial charge on any atom is -0.478 e. The van der Waals surface area contributed by atoms with Gasteiger partial charge in [0, 0.05) is 6.04 Å². The third kappa shape index (κ3) is 4.35. The number of carboxylic acid groups (broad SMARTS) is 1. The van der Waals surface area contributed by atoms with Gasteiger partial charge < -0.3 is 10.0 Å². The molecule has 1 aliphatic rings. The summed E-state index contributed by atoms with van der Waals surface area (Å²) in [5.41, 5.74) is 0.0954. The van der Waals surface area contributed by atoms with Gasteiger partial charge in [0.15, 0.2) is 0 Å². The van der Waals surface area contributed by atoms with Gasteiger partial charge in [0.1, 0.15) is 0 Å². The normalized spacial score (nSPS) is 15.1. The number of alkyl halides is 3. The smallest absolute Gasteiger partial charge is 0.416 e. The zero-order valence-electron chi connectivity index (χ0n) is 15.2. The van der Waals surface area contributed by atoms with Crippen LogP contribution in [-0.2, 0) is 17.4 Å². The summed E-state index contributed by atoms with van der Waals surface area (Å²) in [6.45, 7) is 1.70. The van der Waals surface area contributed by atoms with Gasteiger partial charge in [-0.25, -0.2) is 4.79 Å². The minimum absolute atomic E-state index is 0.0333. The number of hydrogen-bond acceptors (Lipinski definition) is 2. The first-order valence-corrected chi connectivity index (χ1v) is 8.98. The van der Waals surface area contributed by atoms with Crippen molar-refractivity contribution >= 4 is 11.9 Å². The Bertz CT molecular complexity index is 890. The summed E-state index contributed by atoms with van der Waals surface area (Å²) in [5, 5.41) is 9.30. The molecule has 0 aromatic heterocycles. The molecule has 0 saturated heterocycles. The van der Waals surface area contributed by atoms with E-state index in [0.29, 0.717) is 11.1 Å². The fourth-order valence-corrected chi connectivity index (χ4v) is 3.36. The molecule has 1 fully saturated rings. The molecule has 1 unspecified atom stereocenters. The highest BCUT2D eigenvalue weighted by Crippen LogP contribution is 2.37. The third-order valence-electron chi connectivity index (χ3n) is 4.93. The van der Waals surface area contributed by atoms with Crippen molar-refractivity contribution < 1.29 is 27.9 Å². The van der Waals surface area contributed by atoms with Crippen LogP contribution in [0.5, 0.6) is 0 Å². The van der Waals surface area contributed by atoms with Crippen molar-refractivity contribution in [1.29, 1.82) is 0 Å². The molecule has 1 saturated carbocycles. The van der Waals surface area contributed by atoms with Gasteiger partial charge >= 0.3 is 12.1 Å². The molecule has 28 heavy (non-hydrogen) atoms. The van der Waals surface area contributed by atoms with E-state index in [0.717, 1.165) is 25.0 Å². The highest BCUT2D eigenvalue weighted by Gasteiger charge is 2.37. The Labute approximate surface area is 160 Å². The average molecular weight is 391 g/mol. The van der Waals surface area contributed by atoms with Crippen molar-refractivity contribution in [3.05, 3.63) is 70.8 Å². The molecule has 0 radical (unpaired) electrons. The lowest BCUT2D eigenvalue weighted by molar-refractivity contribution is -0.137. The number of nitrogens with zero attached hydrogens (tertiary/aromatic N) is 1. The number of rotatable bonds is 6. The van der Waals surface area contributed by atoms with Gasteiger partial charge in [0.05, 0.1) is 23.6 Å². The fourth-order valence-electron chi connectivity index (χ4n) is 3.36. The molecule has 1 N–H and O–H groups in total. The number of amides is 1. The maximum Gasteiger partial charge on any atom is 0.416 e. The summed E-state index contributed by atoms with van der Waals surface area (Å²) in [6.07, 6.45) is -2.99. The molecule has 0 heterocycles. The largest absolute Gasteiger partial charge is 0.478 e. The summed E-state index contributed by atoms with van der Waals surface area (Å²) in [6, 6.07) is 10.7. The zero-order valence-corrected chi connectivity index (χ0v) is 15.2. The minimum atomic E-state index is -4.45. The van der Waals surface area contributed by atoms with Crippen LogP contribution in [0.1, 0.15) is 52.9 Å². The first-order chi connectivity index (χ1) is 13.2. The molecule has 4 nitrogen and oxygen atoms in total.